The lowest BCUT2D eigenvalue weighted by Crippen LogP contribution is -2.30. The Morgan fingerprint density at radius 1 is 1.67 bits per heavy atom. The summed E-state index contributed by atoms with van der Waals surface area (Å²) in [5.74, 6) is 0.128. The van der Waals surface area contributed by atoms with Gasteiger partial charge in [0.2, 0.25) is 5.91 Å². The van der Waals surface area contributed by atoms with Gasteiger partial charge >= 0.3 is 0 Å². The van der Waals surface area contributed by atoms with Crippen molar-refractivity contribution in [3.05, 3.63) is 23.5 Å². The molecule has 2 heterocycles. The number of aromatic nitrogens is 1. The molecule has 1 saturated heterocycles. The predicted octanol–water partition coefficient (Wildman–Crippen LogP) is 1.38. The van der Waals surface area contributed by atoms with Crippen molar-refractivity contribution in [2.75, 3.05) is 18.9 Å². The van der Waals surface area contributed by atoms with Crippen LogP contribution in [-0.4, -0.2) is 35.4 Å². The first-order valence-corrected chi connectivity index (χ1v) is 5.17. The van der Waals surface area contributed by atoms with Gasteiger partial charge in [0.25, 0.3) is 0 Å². The Bertz CT molecular complexity index is 383. The Labute approximate surface area is 93.2 Å². The summed E-state index contributed by atoms with van der Waals surface area (Å²) in [6.07, 6.45) is 2.45. The third-order valence-electron chi connectivity index (χ3n) is 2.49. The quantitative estimate of drug-likeness (QED) is 0.774. The number of hydrogen-bond acceptors (Lipinski definition) is 3. The van der Waals surface area contributed by atoms with Crippen molar-refractivity contribution in [2.24, 2.45) is 0 Å². The highest BCUT2D eigenvalue weighted by Crippen LogP contribution is 2.17. The van der Waals surface area contributed by atoms with E-state index in [0.29, 0.717) is 5.15 Å². The lowest BCUT2D eigenvalue weighted by atomic mass is 10.2. The van der Waals surface area contributed by atoms with Gasteiger partial charge in [0, 0.05) is 25.5 Å². The maximum absolute atomic E-state index is 11.6. The number of pyridine rings is 1. The molecule has 1 atom stereocenters. The number of halogens is 1. The van der Waals surface area contributed by atoms with Gasteiger partial charge in [-0.05, 0) is 18.6 Å². The monoisotopic (exact) mass is 225 g/mol. The second kappa shape index (κ2) is 4.06. The molecule has 2 rings (SSSR count). The predicted molar refractivity (Wildman–Crippen MR) is 58.9 cm³/mol. The molecule has 80 valence electrons. The molecule has 1 N–H and O–H groups in total. The average molecular weight is 226 g/mol. The number of carbonyl (C=O) groups excluding carboxylic acids is 1. The fourth-order valence-corrected chi connectivity index (χ4v) is 1.82. The van der Waals surface area contributed by atoms with Gasteiger partial charge in [-0.3, -0.25) is 4.79 Å². The maximum Gasteiger partial charge on any atom is 0.244 e. The highest BCUT2D eigenvalue weighted by atomic mass is 35.5. The van der Waals surface area contributed by atoms with Gasteiger partial charge in [-0.15, -0.1) is 0 Å². The van der Waals surface area contributed by atoms with E-state index in [0.717, 1.165) is 18.7 Å². The second-order valence-corrected chi connectivity index (χ2v) is 4.00. The molecule has 1 unspecified atom stereocenters. The maximum atomic E-state index is 11.6. The van der Waals surface area contributed by atoms with Crippen molar-refractivity contribution in [2.45, 2.75) is 12.5 Å². The van der Waals surface area contributed by atoms with E-state index in [9.17, 15) is 4.79 Å². The van der Waals surface area contributed by atoms with Crippen molar-refractivity contribution < 1.29 is 4.79 Å². The number of hydrogen-bond donors (Lipinski definition) is 1. The minimum Gasteiger partial charge on any atom is -0.373 e. The van der Waals surface area contributed by atoms with Gasteiger partial charge in [0.15, 0.2) is 0 Å². The summed E-state index contributed by atoms with van der Waals surface area (Å²) in [6, 6.07) is 3.39. The Morgan fingerprint density at radius 3 is 3.07 bits per heavy atom. The molecule has 0 saturated carbocycles. The van der Waals surface area contributed by atoms with Crippen LogP contribution < -0.4 is 5.32 Å². The fourth-order valence-electron chi connectivity index (χ4n) is 1.65. The summed E-state index contributed by atoms with van der Waals surface area (Å²) in [5, 5.41) is 3.58. The van der Waals surface area contributed by atoms with Gasteiger partial charge in [0.05, 0.1) is 0 Å². The van der Waals surface area contributed by atoms with Crippen LogP contribution in [0.3, 0.4) is 0 Å². The van der Waals surface area contributed by atoms with E-state index in [1.807, 2.05) is 7.05 Å². The molecular formula is C10H12ClN3O. The van der Waals surface area contributed by atoms with Crippen LogP contribution in [0.15, 0.2) is 18.3 Å². The van der Waals surface area contributed by atoms with Crippen LogP contribution in [0.5, 0.6) is 0 Å². The summed E-state index contributed by atoms with van der Waals surface area (Å²) in [4.78, 5) is 17.2. The number of rotatable bonds is 2. The Balaban J connectivity index is 2.06. The number of carbonyl (C=O) groups is 1. The van der Waals surface area contributed by atoms with E-state index >= 15 is 0 Å². The molecule has 4 nitrogen and oxygen atoms in total. The molecule has 0 aromatic carbocycles. The van der Waals surface area contributed by atoms with Crippen LogP contribution in [0.4, 0.5) is 5.69 Å². The molecule has 1 aromatic heterocycles. The van der Waals surface area contributed by atoms with Gasteiger partial charge in [0.1, 0.15) is 11.2 Å². The zero-order chi connectivity index (χ0) is 10.8. The minimum absolute atomic E-state index is 0.128. The lowest BCUT2D eigenvalue weighted by Gasteiger charge is -2.13. The van der Waals surface area contributed by atoms with Crippen LogP contribution in [0.25, 0.3) is 0 Å². The van der Waals surface area contributed by atoms with E-state index in [-0.39, 0.29) is 11.9 Å². The van der Waals surface area contributed by atoms with E-state index in [1.54, 1.807) is 23.2 Å². The Hall–Kier alpha value is -1.29. The fraction of sp³-hybridized carbons (Fsp3) is 0.400. The Kier molecular flexibility index (Phi) is 2.77. The number of amides is 1. The van der Waals surface area contributed by atoms with Gasteiger partial charge in [-0.1, -0.05) is 11.6 Å². The molecule has 0 radical (unpaired) electrons. The van der Waals surface area contributed by atoms with Crippen molar-refractivity contribution in [3.63, 3.8) is 0 Å². The molecule has 1 aliphatic rings. The molecule has 0 aliphatic carbocycles. The van der Waals surface area contributed by atoms with E-state index in [2.05, 4.69) is 10.3 Å². The smallest absolute Gasteiger partial charge is 0.244 e. The standard InChI is InChI=1S/C10H12ClN3O/c1-14-5-3-8(10(14)15)13-7-2-4-12-9(11)6-7/h2,4,6,8H,3,5H2,1H3,(H,12,13). The first-order valence-electron chi connectivity index (χ1n) is 4.80. The van der Waals surface area contributed by atoms with Crippen LogP contribution >= 0.6 is 11.6 Å². The van der Waals surface area contributed by atoms with Crippen molar-refractivity contribution in [1.82, 2.24) is 9.88 Å². The van der Waals surface area contributed by atoms with E-state index in [4.69, 9.17) is 11.6 Å². The molecule has 15 heavy (non-hydrogen) atoms. The summed E-state index contributed by atoms with van der Waals surface area (Å²) in [5.41, 5.74) is 0.837. The van der Waals surface area contributed by atoms with Gasteiger partial charge in [-0.2, -0.15) is 0 Å². The topological polar surface area (TPSA) is 45.2 Å². The zero-order valence-corrected chi connectivity index (χ0v) is 9.16. The molecule has 1 aliphatic heterocycles. The van der Waals surface area contributed by atoms with Crippen LogP contribution in [0.1, 0.15) is 6.42 Å². The molecule has 1 fully saturated rings. The number of anilines is 1. The van der Waals surface area contributed by atoms with Crippen molar-refractivity contribution >= 4 is 23.2 Å². The van der Waals surface area contributed by atoms with Gasteiger partial charge < -0.3 is 10.2 Å². The van der Waals surface area contributed by atoms with Crippen molar-refractivity contribution in [1.29, 1.82) is 0 Å². The van der Waals surface area contributed by atoms with E-state index in [1.165, 1.54) is 0 Å². The second-order valence-electron chi connectivity index (χ2n) is 3.61. The van der Waals surface area contributed by atoms with E-state index < -0.39 is 0 Å². The summed E-state index contributed by atoms with van der Waals surface area (Å²) in [6.45, 7) is 0.801. The van der Waals surface area contributed by atoms with Crippen LogP contribution in [0, 0.1) is 0 Å². The highest BCUT2D eigenvalue weighted by Gasteiger charge is 2.28. The molecular weight excluding hydrogens is 214 g/mol. The number of nitrogens with one attached hydrogen (secondary N) is 1. The number of likely N-dealkylation sites (tertiary alicyclic amines) is 1. The Morgan fingerprint density at radius 2 is 2.47 bits per heavy atom. The molecule has 5 heteroatoms. The van der Waals surface area contributed by atoms with Crippen LogP contribution in [0.2, 0.25) is 5.15 Å². The molecule has 1 aromatic rings. The first-order chi connectivity index (χ1) is 7.16. The summed E-state index contributed by atoms with van der Waals surface area (Å²) in [7, 11) is 1.81. The third kappa shape index (κ3) is 2.21. The van der Waals surface area contributed by atoms with Crippen LogP contribution in [-0.2, 0) is 4.79 Å². The lowest BCUT2D eigenvalue weighted by molar-refractivity contribution is -0.127. The SMILES string of the molecule is CN1CCC(Nc2ccnc(Cl)c2)C1=O. The summed E-state index contributed by atoms with van der Waals surface area (Å²) >= 11 is 5.75. The minimum atomic E-state index is -0.131. The van der Waals surface area contributed by atoms with Crippen molar-refractivity contribution in [3.8, 4) is 0 Å². The number of nitrogens with zero attached hydrogens (tertiary/aromatic N) is 2. The zero-order valence-electron chi connectivity index (χ0n) is 8.40. The normalized spacial score (nSPS) is 20.8. The largest absolute Gasteiger partial charge is 0.373 e. The first kappa shape index (κ1) is 10.2. The molecule has 0 bridgehead atoms. The van der Waals surface area contributed by atoms with Gasteiger partial charge in [-0.25, -0.2) is 4.98 Å². The molecule has 1 amide bonds. The molecule has 0 spiro atoms. The number of likely N-dealkylation sites (N-methyl/N-ethyl adjacent to an activating group) is 1. The average Bonchev–Trinajstić information content (AvgIpc) is 2.50. The third-order valence-corrected chi connectivity index (χ3v) is 2.70. The summed E-state index contributed by atoms with van der Waals surface area (Å²) < 4.78 is 0. The highest BCUT2D eigenvalue weighted by molar-refractivity contribution is 6.29.